The summed E-state index contributed by atoms with van der Waals surface area (Å²) in [5, 5.41) is 4.72. The van der Waals surface area contributed by atoms with E-state index in [1.54, 1.807) is 24.4 Å². The number of aryl methyl sites for hydroxylation is 1. The maximum absolute atomic E-state index is 13.9. The van der Waals surface area contributed by atoms with Gasteiger partial charge in [0.1, 0.15) is 16.3 Å². The van der Waals surface area contributed by atoms with E-state index < -0.39 is 11.7 Å². The first-order chi connectivity index (χ1) is 14.8. The van der Waals surface area contributed by atoms with Gasteiger partial charge in [0.15, 0.2) is 5.16 Å². The van der Waals surface area contributed by atoms with Crippen LogP contribution < -0.4 is 10.9 Å². The molecule has 0 spiro atoms. The van der Waals surface area contributed by atoms with E-state index in [1.807, 2.05) is 0 Å². The lowest BCUT2D eigenvalue weighted by molar-refractivity contribution is -0.113. The average molecular weight is 478 g/mol. The van der Waals surface area contributed by atoms with Crippen LogP contribution in [0, 0.1) is 18.6 Å². The van der Waals surface area contributed by atoms with Crippen LogP contribution in [-0.2, 0) is 4.79 Å². The normalized spacial score (nSPS) is 11.1. The second-order valence-electron chi connectivity index (χ2n) is 6.56. The Morgan fingerprint density at radius 3 is 2.74 bits per heavy atom. The molecule has 0 aliphatic carbocycles. The van der Waals surface area contributed by atoms with Crippen molar-refractivity contribution < 1.29 is 13.6 Å². The summed E-state index contributed by atoms with van der Waals surface area (Å²) in [6.45, 7) is 1.60. The molecule has 1 N–H and O–H groups in total. The van der Waals surface area contributed by atoms with Crippen molar-refractivity contribution in [2.75, 3.05) is 11.1 Å². The van der Waals surface area contributed by atoms with E-state index in [0.29, 0.717) is 21.5 Å². The second-order valence-corrected chi connectivity index (χ2v) is 8.86. The Labute approximate surface area is 188 Å². The van der Waals surface area contributed by atoms with Gasteiger partial charge in [-0.1, -0.05) is 23.4 Å². The molecule has 0 saturated carbocycles. The Morgan fingerprint density at radius 1 is 1.19 bits per heavy atom. The predicted molar refractivity (Wildman–Crippen MR) is 121 cm³/mol. The number of anilines is 1. The van der Waals surface area contributed by atoms with E-state index in [-0.39, 0.29) is 33.0 Å². The number of hydrogen-bond acceptors (Lipinski definition) is 5. The van der Waals surface area contributed by atoms with Crippen molar-refractivity contribution in [3.05, 3.63) is 80.4 Å². The highest BCUT2D eigenvalue weighted by Crippen LogP contribution is 2.25. The van der Waals surface area contributed by atoms with Crippen LogP contribution in [0.4, 0.5) is 14.5 Å². The zero-order chi connectivity index (χ0) is 22.1. The van der Waals surface area contributed by atoms with Crippen molar-refractivity contribution >= 4 is 56.5 Å². The summed E-state index contributed by atoms with van der Waals surface area (Å²) in [4.78, 5) is 30.0. The van der Waals surface area contributed by atoms with Crippen LogP contribution >= 0.6 is 34.7 Å². The number of halogens is 3. The van der Waals surface area contributed by atoms with Gasteiger partial charge in [0, 0.05) is 5.02 Å². The van der Waals surface area contributed by atoms with E-state index in [0.717, 1.165) is 17.8 Å². The molecule has 0 bridgehead atoms. The minimum atomic E-state index is -0.651. The van der Waals surface area contributed by atoms with Crippen molar-refractivity contribution in [3.63, 3.8) is 0 Å². The lowest BCUT2D eigenvalue weighted by Crippen LogP contribution is -2.22. The van der Waals surface area contributed by atoms with Gasteiger partial charge in [-0.3, -0.25) is 14.2 Å². The van der Waals surface area contributed by atoms with E-state index in [9.17, 15) is 18.4 Å². The first-order valence-electron chi connectivity index (χ1n) is 8.98. The monoisotopic (exact) mass is 477 g/mol. The molecule has 4 rings (SSSR count). The molecular formula is C21H14ClF2N3O2S2. The predicted octanol–water partition coefficient (Wildman–Crippen LogP) is 5.42. The Kier molecular flexibility index (Phi) is 6.08. The summed E-state index contributed by atoms with van der Waals surface area (Å²) in [6, 6.07) is 9.96. The minimum Gasteiger partial charge on any atom is -0.323 e. The zero-order valence-corrected chi connectivity index (χ0v) is 18.4. The van der Waals surface area contributed by atoms with Crippen LogP contribution in [0.15, 0.2) is 57.8 Å². The summed E-state index contributed by atoms with van der Waals surface area (Å²) >= 11 is 8.00. The van der Waals surface area contributed by atoms with Gasteiger partial charge in [0.2, 0.25) is 5.91 Å². The molecule has 0 saturated heterocycles. The molecule has 158 valence electrons. The lowest BCUT2D eigenvalue weighted by atomic mass is 10.2. The van der Waals surface area contributed by atoms with E-state index in [1.165, 1.54) is 40.2 Å². The number of nitrogens with one attached hydrogen (secondary N) is 1. The number of rotatable bonds is 5. The van der Waals surface area contributed by atoms with Crippen molar-refractivity contribution in [2.24, 2.45) is 0 Å². The Bertz CT molecular complexity index is 1370. The summed E-state index contributed by atoms with van der Waals surface area (Å²) in [5.41, 5.74) is 1.03. The van der Waals surface area contributed by atoms with Crippen molar-refractivity contribution in [3.8, 4) is 5.69 Å². The smallest absolute Gasteiger partial charge is 0.276 e. The highest BCUT2D eigenvalue weighted by atomic mass is 35.5. The molecule has 0 fully saturated rings. The molecule has 0 unspecified atom stereocenters. The van der Waals surface area contributed by atoms with E-state index >= 15 is 0 Å². The molecule has 0 aliphatic heterocycles. The van der Waals surface area contributed by atoms with E-state index in [2.05, 4.69) is 10.3 Å². The first kappa shape index (κ1) is 21.5. The van der Waals surface area contributed by atoms with Crippen molar-refractivity contribution in [1.82, 2.24) is 9.55 Å². The number of benzene rings is 2. The minimum absolute atomic E-state index is 0.00259. The van der Waals surface area contributed by atoms with Crippen LogP contribution in [0.2, 0.25) is 5.02 Å². The molecule has 1 amide bonds. The van der Waals surface area contributed by atoms with Crippen molar-refractivity contribution in [2.45, 2.75) is 12.1 Å². The molecule has 31 heavy (non-hydrogen) atoms. The number of carbonyl (C=O) groups excluding carboxylic acids is 1. The SMILES string of the molecule is Cc1cc(-n2c(SCC(=O)Nc3ccc(Cl)cc3F)nc3ccsc3c2=O)ccc1F. The number of thiophene rings is 1. The lowest BCUT2D eigenvalue weighted by Gasteiger charge is -2.13. The quantitative estimate of drug-likeness (QED) is 0.308. The number of nitrogens with zero attached hydrogens (tertiary/aromatic N) is 2. The number of hydrogen-bond donors (Lipinski definition) is 1. The number of amides is 1. The van der Waals surface area contributed by atoms with Crippen molar-refractivity contribution in [1.29, 1.82) is 0 Å². The number of thioether (sulfide) groups is 1. The van der Waals surface area contributed by atoms with Gasteiger partial charge in [0.05, 0.1) is 22.6 Å². The molecule has 10 heteroatoms. The maximum Gasteiger partial charge on any atom is 0.276 e. The van der Waals surface area contributed by atoms with Gasteiger partial charge >= 0.3 is 0 Å². The topological polar surface area (TPSA) is 64.0 Å². The molecule has 2 aromatic carbocycles. The number of fused-ring (bicyclic) bond motifs is 1. The molecule has 0 atom stereocenters. The summed E-state index contributed by atoms with van der Waals surface area (Å²) < 4.78 is 29.5. The molecule has 0 aliphatic rings. The molecular weight excluding hydrogens is 464 g/mol. The van der Waals surface area contributed by atoms with Crippen LogP contribution in [0.25, 0.3) is 15.9 Å². The standard InChI is InChI=1S/C21H14ClF2N3O2S2/c1-11-8-13(3-4-14(11)23)27-20(29)19-17(6-7-30-19)26-21(27)31-10-18(28)25-16-5-2-12(22)9-15(16)24/h2-9H,10H2,1H3,(H,25,28). The van der Waals surface area contributed by atoms with Crippen LogP contribution in [0.5, 0.6) is 0 Å². The van der Waals surface area contributed by atoms with E-state index in [4.69, 9.17) is 11.6 Å². The number of carbonyl (C=O) groups is 1. The third kappa shape index (κ3) is 4.48. The highest BCUT2D eigenvalue weighted by Gasteiger charge is 2.17. The molecule has 2 aromatic heterocycles. The molecule has 0 radical (unpaired) electrons. The fraction of sp³-hybridized carbons (Fsp3) is 0.0952. The maximum atomic E-state index is 13.9. The number of aromatic nitrogens is 2. The van der Waals surface area contributed by atoms with Gasteiger partial charge in [0.25, 0.3) is 5.56 Å². The Morgan fingerprint density at radius 2 is 2.00 bits per heavy atom. The highest BCUT2D eigenvalue weighted by molar-refractivity contribution is 7.99. The van der Waals surface area contributed by atoms with Gasteiger partial charge < -0.3 is 5.32 Å². The van der Waals surface area contributed by atoms with Crippen LogP contribution in [0.3, 0.4) is 0 Å². The van der Waals surface area contributed by atoms with Gasteiger partial charge in [-0.2, -0.15) is 0 Å². The average Bonchev–Trinajstić information content (AvgIpc) is 3.20. The first-order valence-corrected chi connectivity index (χ1v) is 11.2. The second kappa shape index (κ2) is 8.78. The summed E-state index contributed by atoms with van der Waals surface area (Å²) in [5.74, 6) is -1.64. The van der Waals surface area contributed by atoms with Gasteiger partial charge in [-0.15, -0.1) is 11.3 Å². The third-order valence-electron chi connectivity index (χ3n) is 4.39. The summed E-state index contributed by atoms with van der Waals surface area (Å²) in [7, 11) is 0. The molecule has 4 aromatic rings. The van der Waals surface area contributed by atoms with Crippen LogP contribution in [-0.4, -0.2) is 21.2 Å². The van der Waals surface area contributed by atoms with Gasteiger partial charge in [-0.05, 0) is 60.3 Å². The van der Waals surface area contributed by atoms with Gasteiger partial charge in [-0.25, -0.2) is 13.8 Å². The molecule has 5 nitrogen and oxygen atoms in total. The largest absolute Gasteiger partial charge is 0.323 e. The fourth-order valence-corrected chi connectivity index (χ4v) is 4.62. The fourth-order valence-electron chi connectivity index (χ4n) is 2.89. The third-order valence-corrected chi connectivity index (χ3v) is 6.45. The summed E-state index contributed by atoms with van der Waals surface area (Å²) in [6.07, 6.45) is 0. The zero-order valence-electron chi connectivity index (χ0n) is 16.0. The Hall–Kier alpha value is -2.75. The molecule has 2 heterocycles. The Balaban J connectivity index is 1.65. The van der Waals surface area contributed by atoms with Crippen LogP contribution in [0.1, 0.15) is 5.56 Å².